The van der Waals surface area contributed by atoms with E-state index >= 15 is 0 Å². The van der Waals surface area contributed by atoms with Gasteiger partial charge in [-0.3, -0.25) is 9.59 Å². The highest BCUT2D eigenvalue weighted by Crippen LogP contribution is 2.17. The molecule has 0 spiro atoms. The summed E-state index contributed by atoms with van der Waals surface area (Å²) in [6.45, 7) is 4.02. The number of carbonyl (C=O) groups is 2. The van der Waals surface area contributed by atoms with Gasteiger partial charge in [-0.05, 0) is 96.3 Å². The van der Waals surface area contributed by atoms with Gasteiger partial charge in [0.1, 0.15) is 6.61 Å². The van der Waals surface area contributed by atoms with Crippen LogP contribution in [-0.2, 0) is 19.1 Å². The Bertz CT molecular complexity index is 1580. The van der Waals surface area contributed by atoms with Crippen molar-refractivity contribution in [3.05, 3.63) is 134 Å². The lowest BCUT2D eigenvalue weighted by Crippen LogP contribution is -2.28. The van der Waals surface area contributed by atoms with Gasteiger partial charge < -0.3 is 14.6 Å². The third-order valence-electron chi connectivity index (χ3n) is 13.7. The normalized spacial score (nSPS) is 13.1. The summed E-state index contributed by atoms with van der Waals surface area (Å²) in [5.41, 5.74) is 0. The van der Waals surface area contributed by atoms with E-state index in [-0.39, 0.29) is 25.2 Å². The van der Waals surface area contributed by atoms with E-state index in [0.29, 0.717) is 12.8 Å². The summed E-state index contributed by atoms with van der Waals surface area (Å²) in [7, 11) is 0. The zero-order valence-electron chi connectivity index (χ0n) is 50.2. The van der Waals surface area contributed by atoms with Gasteiger partial charge in [0, 0.05) is 12.8 Å². The minimum absolute atomic E-state index is 0.0842. The van der Waals surface area contributed by atoms with Crippen LogP contribution in [0.3, 0.4) is 0 Å². The standard InChI is InChI=1S/C72H120O5/c1-3-5-7-9-11-13-15-17-19-21-23-25-27-29-31-32-33-34-35-36-37-38-39-40-41-43-45-47-49-51-53-55-57-59-61-63-65-67-72(75)77-70(68-73)69-76-71(74)66-64-62-60-58-56-54-52-50-48-46-44-42-30-28-26-24-22-20-18-16-14-12-10-8-6-4-2/h5,7,11,13,17,19,23,25,29,31,33-34,36-37,39-40,43,45,49,51,55,57,70,73H,3-4,6,8-10,12,14-16,18,20-22,24,26-28,30,32,35,38,41-42,44,46-48,50,52-54,56,58-69H2,1-2H3/b7-5-,13-11-,19-17-,25-23-,31-29-,34-33-,37-36-,40-39-,45-43-,51-49-,57-55-. The van der Waals surface area contributed by atoms with Crippen molar-refractivity contribution in [2.45, 2.75) is 296 Å². The van der Waals surface area contributed by atoms with E-state index in [4.69, 9.17) is 9.47 Å². The Morgan fingerprint density at radius 3 is 0.844 bits per heavy atom. The Labute approximate surface area is 476 Å². The maximum Gasteiger partial charge on any atom is 0.306 e. The molecule has 0 aliphatic rings. The van der Waals surface area contributed by atoms with Crippen LogP contribution < -0.4 is 0 Å². The molecule has 1 N–H and O–H groups in total. The number of rotatable bonds is 58. The average molecular weight is 1070 g/mol. The second-order valence-corrected chi connectivity index (χ2v) is 21.1. The van der Waals surface area contributed by atoms with E-state index in [2.05, 4.69) is 148 Å². The summed E-state index contributed by atoms with van der Waals surface area (Å²) in [5.74, 6) is -0.627. The van der Waals surface area contributed by atoms with Crippen LogP contribution in [0.5, 0.6) is 0 Å². The molecule has 0 aromatic rings. The first kappa shape index (κ1) is 73.0. The van der Waals surface area contributed by atoms with E-state index in [0.717, 1.165) is 116 Å². The molecule has 0 heterocycles. The highest BCUT2D eigenvalue weighted by atomic mass is 16.6. The molecule has 77 heavy (non-hydrogen) atoms. The van der Waals surface area contributed by atoms with Gasteiger partial charge in [-0.15, -0.1) is 0 Å². The lowest BCUT2D eigenvalue weighted by molar-refractivity contribution is -0.161. The molecule has 0 amide bonds. The lowest BCUT2D eigenvalue weighted by Gasteiger charge is -2.15. The number of esters is 2. The molecule has 1 atom stereocenters. The summed E-state index contributed by atoms with van der Waals surface area (Å²) in [6.07, 6.45) is 98.8. The fourth-order valence-electron chi connectivity index (χ4n) is 8.92. The minimum Gasteiger partial charge on any atom is -0.462 e. The van der Waals surface area contributed by atoms with Crippen molar-refractivity contribution in [1.82, 2.24) is 0 Å². The average Bonchev–Trinajstić information content (AvgIpc) is 3.43. The van der Waals surface area contributed by atoms with Crippen molar-refractivity contribution >= 4 is 11.9 Å². The number of hydrogen-bond acceptors (Lipinski definition) is 5. The number of aliphatic hydroxyl groups is 1. The largest absolute Gasteiger partial charge is 0.462 e. The van der Waals surface area contributed by atoms with Crippen molar-refractivity contribution in [1.29, 1.82) is 0 Å². The predicted molar refractivity (Wildman–Crippen MR) is 338 cm³/mol. The van der Waals surface area contributed by atoms with Gasteiger partial charge in [0.25, 0.3) is 0 Å². The molecule has 0 bridgehead atoms. The van der Waals surface area contributed by atoms with Crippen molar-refractivity contribution in [3.63, 3.8) is 0 Å². The molecule has 0 aromatic heterocycles. The molecule has 0 saturated heterocycles. The fourth-order valence-corrected chi connectivity index (χ4v) is 8.92. The highest BCUT2D eigenvalue weighted by molar-refractivity contribution is 5.70. The third-order valence-corrected chi connectivity index (χ3v) is 13.7. The molecule has 0 aliphatic heterocycles. The topological polar surface area (TPSA) is 72.8 Å². The second-order valence-electron chi connectivity index (χ2n) is 21.1. The number of unbranched alkanes of at least 4 members (excludes halogenated alkanes) is 28. The van der Waals surface area contributed by atoms with Crippen molar-refractivity contribution in [3.8, 4) is 0 Å². The van der Waals surface area contributed by atoms with Crippen LogP contribution >= 0.6 is 0 Å². The first-order chi connectivity index (χ1) is 38.1. The number of allylic oxidation sites excluding steroid dienone is 22. The molecular weight excluding hydrogens is 945 g/mol. The number of carbonyl (C=O) groups excluding carboxylic acids is 2. The van der Waals surface area contributed by atoms with Gasteiger partial charge in [-0.25, -0.2) is 0 Å². The molecule has 0 radical (unpaired) electrons. The maximum absolute atomic E-state index is 12.3. The fraction of sp³-hybridized carbons (Fsp3) is 0.667. The highest BCUT2D eigenvalue weighted by Gasteiger charge is 2.16. The number of aliphatic hydroxyl groups excluding tert-OH is 1. The van der Waals surface area contributed by atoms with E-state index in [1.807, 2.05) is 0 Å². The van der Waals surface area contributed by atoms with E-state index in [9.17, 15) is 14.7 Å². The number of ether oxygens (including phenoxy) is 2. The Morgan fingerprint density at radius 2 is 0.558 bits per heavy atom. The monoisotopic (exact) mass is 1060 g/mol. The van der Waals surface area contributed by atoms with Crippen LogP contribution in [-0.4, -0.2) is 36.4 Å². The molecule has 0 rings (SSSR count). The number of hydrogen-bond donors (Lipinski definition) is 1. The molecule has 1 unspecified atom stereocenters. The molecule has 0 aliphatic carbocycles. The predicted octanol–water partition coefficient (Wildman–Crippen LogP) is 22.4. The third kappa shape index (κ3) is 64.5. The van der Waals surface area contributed by atoms with E-state index in [1.165, 1.54) is 148 Å². The van der Waals surface area contributed by atoms with Gasteiger partial charge in [-0.1, -0.05) is 314 Å². The van der Waals surface area contributed by atoms with Crippen LogP contribution in [0.4, 0.5) is 0 Å². The molecule has 0 aromatic carbocycles. The van der Waals surface area contributed by atoms with Crippen molar-refractivity contribution < 1.29 is 24.2 Å². The summed E-state index contributed by atoms with van der Waals surface area (Å²) in [5, 5.41) is 9.68. The van der Waals surface area contributed by atoms with Crippen LogP contribution in [0, 0.1) is 0 Å². The summed E-state index contributed by atoms with van der Waals surface area (Å²) in [4.78, 5) is 24.6. The van der Waals surface area contributed by atoms with Crippen molar-refractivity contribution in [2.24, 2.45) is 0 Å². The molecule has 5 nitrogen and oxygen atoms in total. The quantitative estimate of drug-likeness (QED) is 0.0373. The van der Waals surface area contributed by atoms with Gasteiger partial charge in [0.15, 0.2) is 6.10 Å². The zero-order chi connectivity index (χ0) is 55.5. The van der Waals surface area contributed by atoms with E-state index < -0.39 is 6.10 Å². The second kappa shape index (κ2) is 66.3. The molecule has 0 saturated carbocycles. The first-order valence-corrected chi connectivity index (χ1v) is 32.2. The molecule has 438 valence electrons. The zero-order valence-corrected chi connectivity index (χ0v) is 50.2. The van der Waals surface area contributed by atoms with Crippen LogP contribution in [0.25, 0.3) is 0 Å². The molecule has 0 fully saturated rings. The minimum atomic E-state index is -0.799. The molecule has 5 heteroatoms. The Hall–Kier alpha value is -3.96. The van der Waals surface area contributed by atoms with Gasteiger partial charge in [0.2, 0.25) is 0 Å². The lowest BCUT2D eigenvalue weighted by atomic mass is 10.0. The van der Waals surface area contributed by atoms with Crippen molar-refractivity contribution in [2.75, 3.05) is 13.2 Å². The van der Waals surface area contributed by atoms with Crippen LogP contribution in [0.2, 0.25) is 0 Å². The van der Waals surface area contributed by atoms with Crippen LogP contribution in [0.1, 0.15) is 290 Å². The smallest absolute Gasteiger partial charge is 0.306 e. The Kier molecular flexibility index (Phi) is 62.9. The summed E-state index contributed by atoms with van der Waals surface area (Å²) in [6, 6.07) is 0. The van der Waals surface area contributed by atoms with Gasteiger partial charge in [0.05, 0.1) is 6.61 Å². The Balaban J connectivity index is 3.61. The summed E-state index contributed by atoms with van der Waals surface area (Å²) < 4.78 is 10.7. The van der Waals surface area contributed by atoms with Gasteiger partial charge in [-0.2, -0.15) is 0 Å². The maximum atomic E-state index is 12.3. The summed E-state index contributed by atoms with van der Waals surface area (Å²) >= 11 is 0. The molecular formula is C72H120O5. The van der Waals surface area contributed by atoms with Gasteiger partial charge >= 0.3 is 11.9 Å². The SMILES string of the molecule is CC/C=C\C/C=C\C/C=C\C/C=C\C/C=C\C/C=C\C/C=C\C/C=C\C/C=C\C/C=C\C/C=C\CCCCCC(=O)OC(CO)COC(=O)CCCCCCCCCCCCCCCCCCCCCCCCCCCC. The first-order valence-electron chi connectivity index (χ1n) is 32.2. The van der Waals surface area contributed by atoms with E-state index in [1.54, 1.807) is 0 Å². The Morgan fingerprint density at radius 1 is 0.312 bits per heavy atom. The van der Waals surface area contributed by atoms with Crippen LogP contribution in [0.15, 0.2) is 134 Å².